The minimum Gasteiger partial charge on any atom is -0.457 e. The van der Waals surface area contributed by atoms with E-state index < -0.39 is 13.7 Å². The molecule has 6 nitrogen and oxygen atoms in total. The average molecular weight is 842 g/mol. The molecule has 0 fully saturated rings. The summed E-state index contributed by atoms with van der Waals surface area (Å²) >= 11 is 0. The average Bonchev–Trinajstić information content (AvgIpc) is 3.84. The monoisotopic (exact) mass is 841 g/mol. The first-order chi connectivity index (χ1) is 33.2. The molecule has 4 heterocycles. The van der Waals surface area contributed by atoms with Gasteiger partial charge in [-0.2, -0.15) is 0 Å². The van der Waals surface area contributed by atoms with Crippen LogP contribution in [0.1, 0.15) is 73.8 Å². The van der Waals surface area contributed by atoms with Gasteiger partial charge in [0.25, 0.3) is 11.4 Å². The van der Waals surface area contributed by atoms with Crippen LogP contribution in [0.4, 0.5) is 22.7 Å². The molecule has 6 aromatic carbocycles. The molecule has 0 unspecified atom stereocenters. The fourth-order valence-electron chi connectivity index (χ4n) is 9.50. The van der Waals surface area contributed by atoms with Gasteiger partial charge in [0.2, 0.25) is 11.4 Å². The van der Waals surface area contributed by atoms with E-state index in [0.717, 1.165) is 78.3 Å². The topological polar surface area (TPSA) is 46.0 Å². The first kappa shape index (κ1) is 34.1. The Morgan fingerprint density at radius 3 is 2.05 bits per heavy atom. The quantitative estimate of drug-likeness (QED) is 0.150. The third kappa shape index (κ3) is 7.01. The van der Waals surface area contributed by atoms with Crippen LogP contribution in [0.3, 0.4) is 0 Å². The lowest BCUT2D eigenvalue weighted by Gasteiger charge is -2.20. The Balaban J connectivity index is 1.19. The second-order valence-corrected chi connectivity index (χ2v) is 18.0. The summed E-state index contributed by atoms with van der Waals surface area (Å²) < 4.78 is 64.0. The molecule has 0 atom stereocenters. The first-order valence-corrected chi connectivity index (χ1v) is 21.6. The number of fused-ring (bicyclic) bond motifs is 4. The Morgan fingerprint density at radius 1 is 0.625 bits per heavy atom. The number of pyridine rings is 2. The number of hydrogen-bond acceptors (Lipinski definition) is 3. The van der Waals surface area contributed by atoms with Gasteiger partial charge in [-0.15, -0.1) is 0 Å². The van der Waals surface area contributed by atoms with Gasteiger partial charge in [-0.1, -0.05) is 80.9 Å². The van der Waals surface area contributed by atoms with Crippen LogP contribution >= 0.6 is 0 Å². The number of para-hydroxylation sites is 3. The van der Waals surface area contributed by atoms with Gasteiger partial charge in [0, 0.05) is 61.2 Å². The maximum absolute atomic E-state index is 8.49. The molecule has 0 amide bonds. The highest BCUT2D eigenvalue weighted by Crippen LogP contribution is 2.44. The van der Waals surface area contributed by atoms with Crippen molar-refractivity contribution in [1.29, 1.82) is 0 Å². The minimum absolute atomic E-state index is 0.0357. The van der Waals surface area contributed by atoms with Gasteiger partial charge in [-0.05, 0) is 150 Å². The SMILES string of the molecule is [2H]C([2H])([2H])c1cccc(C([2H])([2H])[2H])c1-c1ccccc1[N+]1=C=[N+](c2cc(Oc3ccc4c5cc(C)nc(C)c5n(-c5cc(C(C)(C)C)ccn5)c4c3)cc(-c3c(C)cc(C)cc3C)c2)c2ccccc21. The summed E-state index contributed by atoms with van der Waals surface area (Å²) in [5, 5.41) is 2.15. The number of aryl methyl sites for hydroxylation is 7. The Morgan fingerprint density at radius 2 is 1.33 bits per heavy atom. The summed E-state index contributed by atoms with van der Waals surface area (Å²) in [6.45, 7) is 11.9. The number of rotatable bonds is 7. The molecular formula is C58H53N5O+2. The molecule has 1 aliphatic rings. The highest BCUT2D eigenvalue weighted by molar-refractivity contribution is 6.10. The predicted molar refractivity (Wildman–Crippen MR) is 266 cm³/mol. The normalized spacial score (nSPS) is 14.2. The van der Waals surface area contributed by atoms with Gasteiger partial charge in [-0.3, -0.25) is 9.55 Å². The van der Waals surface area contributed by atoms with Crippen molar-refractivity contribution in [1.82, 2.24) is 23.7 Å². The van der Waals surface area contributed by atoms with E-state index in [4.69, 9.17) is 22.9 Å². The van der Waals surface area contributed by atoms with Crippen molar-refractivity contribution in [3.63, 3.8) is 0 Å². The van der Waals surface area contributed by atoms with E-state index in [0.29, 0.717) is 22.7 Å². The summed E-state index contributed by atoms with van der Waals surface area (Å²) in [5.41, 5.74) is 13.8. The number of ether oxygens (including phenoxy) is 1. The van der Waals surface area contributed by atoms with E-state index in [-0.39, 0.29) is 22.1 Å². The molecule has 6 heteroatoms. The highest BCUT2D eigenvalue weighted by Gasteiger charge is 2.38. The van der Waals surface area contributed by atoms with Crippen molar-refractivity contribution < 1.29 is 13.0 Å². The zero-order chi connectivity index (χ0) is 49.6. The molecular weight excluding hydrogens is 783 g/mol. The van der Waals surface area contributed by atoms with Crippen LogP contribution in [-0.2, 0) is 5.41 Å². The lowest BCUT2D eigenvalue weighted by molar-refractivity contribution is 0.483. The van der Waals surface area contributed by atoms with Crippen LogP contribution in [0, 0.1) is 48.3 Å². The number of nitrogens with zero attached hydrogens (tertiary/aromatic N) is 5. The van der Waals surface area contributed by atoms with E-state index in [1.54, 1.807) is 12.1 Å². The highest BCUT2D eigenvalue weighted by atomic mass is 16.5. The molecule has 314 valence electrons. The smallest absolute Gasteiger partial charge is 0.457 e. The maximum atomic E-state index is 8.49. The van der Waals surface area contributed by atoms with Crippen molar-refractivity contribution in [2.45, 2.75) is 74.5 Å². The second kappa shape index (κ2) is 15.4. The predicted octanol–water partition coefficient (Wildman–Crippen LogP) is 15.0. The van der Waals surface area contributed by atoms with Gasteiger partial charge < -0.3 is 4.74 Å². The molecule has 10 rings (SSSR count). The summed E-state index contributed by atoms with van der Waals surface area (Å²) in [5.74, 6) is 2.03. The molecule has 0 radical (unpaired) electrons. The molecule has 3 aromatic heterocycles. The fraction of sp³-hybridized carbons (Fsp3) is 0.190. The molecule has 0 bridgehead atoms. The van der Waals surface area contributed by atoms with Gasteiger partial charge in [0.15, 0.2) is 0 Å². The van der Waals surface area contributed by atoms with Gasteiger partial charge in [0.1, 0.15) is 17.3 Å². The molecule has 64 heavy (non-hydrogen) atoms. The maximum Gasteiger partial charge on any atom is 0.503 e. The van der Waals surface area contributed by atoms with Crippen LogP contribution < -0.4 is 13.9 Å². The fourth-order valence-corrected chi connectivity index (χ4v) is 9.50. The Hall–Kier alpha value is -7.40. The standard InChI is InChI=1S/C58H53N5O/c1-35-26-38(4)55(39(5)27-35)42-29-44(61-34-62(52-21-14-13-20-51(52)61)50-19-12-11-18-48(50)56-36(2)16-15-17-37(56)3)32-46(30-42)64-45-22-23-47-49-28-40(6)60-41(7)57(49)63(53(47)33-45)54-31-43(24-25-59-54)58(8,9)10/h11-33H,1-10H3/q+2/i2D3,3D3. The Labute approximate surface area is 384 Å². The number of benzene rings is 6. The summed E-state index contributed by atoms with van der Waals surface area (Å²) in [7, 11) is 0. The zero-order valence-corrected chi connectivity index (χ0v) is 37.4. The molecule has 9 aromatic rings. The molecule has 1 aliphatic heterocycles. The lowest BCUT2D eigenvalue weighted by Crippen LogP contribution is -2.12. The van der Waals surface area contributed by atoms with E-state index in [1.165, 1.54) is 29.3 Å². The van der Waals surface area contributed by atoms with Crippen LogP contribution in [-0.4, -0.2) is 20.5 Å². The van der Waals surface area contributed by atoms with Crippen molar-refractivity contribution in [3.8, 4) is 39.6 Å². The van der Waals surface area contributed by atoms with Crippen LogP contribution in [0.25, 0.3) is 49.9 Å². The van der Waals surface area contributed by atoms with Crippen LogP contribution in [0.2, 0.25) is 0 Å². The van der Waals surface area contributed by atoms with Crippen LogP contribution in [0.15, 0.2) is 140 Å². The van der Waals surface area contributed by atoms with Crippen molar-refractivity contribution in [3.05, 3.63) is 184 Å². The van der Waals surface area contributed by atoms with Crippen molar-refractivity contribution in [2.75, 3.05) is 0 Å². The Kier molecular flexibility index (Phi) is 8.24. The molecule has 0 spiro atoms. The summed E-state index contributed by atoms with van der Waals surface area (Å²) in [6, 6.07) is 46.5. The molecule has 0 saturated heterocycles. The lowest BCUT2D eigenvalue weighted by atomic mass is 9.88. The summed E-state index contributed by atoms with van der Waals surface area (Å²) in [6.07, 6.45) is 1.88. The Bertz CT molecular complexity index is 3640. The van der Waals surface area contributed by atoms with Crippen molar-refractivity contribution in [2.24, 2.45) is 0 Å². The van der Waals surface area contributed by atoms with Gasteiger partial charge >= 0.3 is 6.01 Å². The second-order valence-electron chi connectivity index (χ2n) is 18.0. The zero-order valence-electron chi connectivity index (χ0n) is 43.4. The third-order valence-electron chi connectivity index (χ3n) is 12.3. The van der Waals surface area contributed by atoms with E-state index >= 15 is 0 Å². The van der Waals surface area contributed by atoms with E-state index in [2.05, 4.69) is 107 Å². The van der Waals surface area contributed by atoms with E-state index in [1.807, 2.05) is 77.7 Å². The molecule has 0 aliphatic carbocycles. The number of hydrogen-bond donors (Lipinski definition) is 0. The molecule has 0 saturated carbocycles. The van der Waals surface area contributed by atoms with Crippen LogP contribution in [0.5, 0.6) is 11.5 Å². The third-order valence-corrected chi connectivity index (χ3v) is 12.3. The molecule has 0 N–H and O–H groups in total. The largest absolute Gasteiger partial charge is 0.503 e. The minimum atomic E-state index is -2.58. The van der Waals surface area contributed by atoms with Gasteiger partial charge in [0.05, 0.1) is 28.4 Å². The number of aromatic nitrogens is 3. The first-order valence-electron chi connectivity index (χ1n) is 24.6. The van der Waals surface area contributed by atoms with Crippen molar-refractivity contribution >= 4 is 50.6 Å². The van der Waals surface area contributed by atoms with E-state index in [9.17, 15) is 0 Å². The van der Waals surface area contributed by atoms with Gasteiger partial charge in [-0.25, -0.2) is 4.98 Å². The summed E-state index contributed by atoms with van der Waals surface area (Å²) in [4.78, 5) is 9.82.